The van der Waals surface area contributed by atoms with Gasteiger partial charge in [-0.2, -0.15) is 5.10 Å². The Balaban J connectivity index is 1.28. The van der Waals surface area contributed by atoms with Crippen LogP contribution in [-0.4, -0.2) is 40.4 Å². The van der Waals surface area contributed by atoms with Gasteiger partial charge in [-0.3, -0.25) is 4.68 Å². The van der Waals surface area contributed by atoms with Crippen LogP contribution in [0.4, 0.5) is 10.5 Å². The first kappa shape index (κ1) is 21.5. The van der Waals surface area contributed by atoms with E-state index >= 15 is 0 Å². The molecule has 8 heteroatoms. The van der Waals surface area contributed by atoms with E-state index in [9.17, 15) is 4.79 Å². The van der Waals surface area contributed by atoms with Crippen molar-refractivity contribution in [1.82, 2.24) is 14.7 Å². The van der Waals surface area contributed by atoms with E-state index in [1.54, 1.807) is 24.4 Å². The number of carbonyl (C=O) groups is 1. The first-order valence-electron chi connectivity index (χ1n) is 10.3. The van der Waals surface area contributed by atoms with Crippen LogP contribution in [0.25, 0.3) is 0 Å². The summed E-state index contributed by atoms with van der Waals surface area (Å²) in [5.74, 6) is 0.817. The molecule has 1 atom stereocenters. The van der Waals surface area contributed by atoms with Crippen LogP contribution in [0.15, 0.2) is 60.9 Å². The van der Waals surface area contributed by atoms with Gasteiger partial charge in [-0.25, -0.2) is 4.79 Å². The van der Waals surface area contributed by atoms with Crippen LogP contribution in [0.2, 0.25) is 10.0 Å². The van der Waals surface area contributed by atoms with Crippen molar-refractivity contribution in [2.75, 3.05) is 25.0 Å². The first-order valence-corrected chi connectivity index (χ1v) is 11.0. The van der Waals surface area contributed by atoms with E-state index in [2.05, 4.69) is 10.4 Å². The molecule has 2 amide bonds. The van der Waals surface area contributed by atoms with Gasteiger partial charge in [-0.1, -0.05) is 35.3 Å². The monoisotopic (exact) mass is 458 g/mol. The molecular formula is C23H24Cl2N4O2. The number of halogens is 2. The number of ether oxygens (including phenoxy) is 1. The molecule has 2 heterocycles. The lowest BCUT2D eigenvalue weighted by Crippen LogP contribution is -2.43. The second kappa shape index (κ2) is 10.1. The number of piperidine rings is 1. The van der Waals surface area contributed by atoms with Gasteiger partial charge in [0.15, 0.2) is 0 Å². The highest BCUT2D eigenvalue weighted by Gasteiger charge is 2.24. The van der Waals surface area contributed by atoms with Gasteiger partial charge in [-0.05, 0) is 48.7 Å². The third-order valence-electron chi connectivity index (χ3n) is 5.28. The Morgan fingerprint density at radius 2 is 2.03 bits per heavy atom. The SMILES string of the molecule is O=C(Nc1ccc(Cn2cccn2)cc1)N1CCCC(COc2cc(Cl)ccc2Cl)C1. The van der Waals surface area contributed by atoms with Gasteiger partial charge < -0.3 is 15.0 Å². The minimum absolute atomic E-state index is 0.0923. The third-order valence-corrected chi connectivity index (χ3v) is 5.83. The summed E-state index contributed by atoms with van der Waals surface area (Å²) in [6, 6.07) is 14.8. The molecule has 1 aliphatic heterocycles. The molecule has 1 fully saturated rings. The number of urea groups is 1. The van der Waals surface area contributed by atoms with Crippen molar-refractivity contribution < 1.29 is 9.53 Å². The second-order valence-corrected chi connectivity index (χ2v) is 8.51. The summed E-state index contributed by atoms with van der Waals surface area (Å²) in [6.45, 7) is 2.57. The molecule has 3 aromatic rings. The van der Waals surface area contributed by atoms with E-state index in [1.807, 2.05) is 46.1 Å². The van der Waals surface area contributed by atoms with E-state index in [1.165, 1.54) is 0 Å². The maximum absolute atomic E-state index is 12.7. The first-order chi connectivity index (χ1) is 15.1. The maximum Gasteiger partial charge on any atom is 0.321 e. The lowest BCUT2D eigenvalue weighted by atomic mass is 9.99. The van der Waals surface area contributed by atoms with Crippen LogP contribution in [0, 0.1) is 5.92 Å². The molecular weight excluding hydrogens is 435 g/mol. The quantitative estimate of drug-likeness (QED) is 0.525. The highest BCUT2D eigenvalue weighted by molar-refractivity contribution is 6.34. The van der Waals surface area contributed by atoms with Gasteiger partial charge in [0.2, 0.25) is 0 Å². The summed E-state index contributed by atoms with van der Waals surface area (Å²) in [7, 11) is 0. The Kier molecular flexibility index (Phi) is 6.99. The molecule has 1 N–H and O–H groups in total. The predicted molar refractivity (Wildman–Crippen MR) is 123 cm³/mol. The van der Waals surface area contributed by atoms with Crippen molar-refractivity contribution in [3.63, 3.8) is 0 Å². The number of likely N-dealkylation sites (tertiary alicyclic amines) is 1. The molecule has 1 unspecified atom stereocenters. The summed E-state index contributed by atoms with van der Waals surface area (Å²) in [4.78, 5) is 14.6. The van der Waals surface area contributed by atoms with Crippen LogP contribution in [-0.2, 0) is 6.54 Å². The topological polar surface area (TPSA) is 59.4 Å². The Morgan fingerprint density at radius 1 is 1.19 bits per heavy atom. The van der Waals surface area contributed by atoms with Gasteiger partial charge in [0, 0.05) is 48.2 Å². The number of aromatic nitrogens is 2. The number of anilines is 1. The summed E-state index contributed by atoms with van der Waals surface area (Å²) >= 11 is 12.2. The number of nitrogens with zero attached hydrogens (tertiary/aromatic N) is 3. The fourth-order valence-corrected chi connectivity index (χ4v) is 3.99. The van der Waals surface area contributed by atoms with Gasteiger partial charge in [-0.15, -0.1) is 0 Å². The molecule has 4 rings (SSSR count). The van der Waals surface area contributed by atoms with E-state index in [-0.39, 0.29) is 11.9 Å². The third kappa shape index (κ3) is 5.93. The molecule has 1 aromatic heterocycles. The number of nitrogens with one attached hydrogen (secondary N) is 1. The number of rotatable bonds is 6. The average Bonchev–Trinajstić information content (AvgIpc) is 3.29. The Hall–Kier alpha value is -2.70. The van der Waals surface area contributed by atoms with Crippen molar-refractivity contribution in [3.8, 4) is 5.75 Å². The molecule has 162 valence electrons. The van der Waals surface area contributed by atoms with Crippen LogP contribution >= 0.6 is 23.2 Å². The average molecular weight is 459 g/mol. The number of hydrogen-bond donors (Lipinski definition) is 1. The Labute approximate surface area is 191 Å². The molecule has 0 aliphatic carbocycles. The predicted octanol–water partition coefficient (Wildman–Crippen LogP) is 5.56. The zero-order valence-electron chi connectivity index (χ0n) is 17.0. The number of benzene rings is 2. The summed E-state index contributed by atoms with van der Waals surface area (Å²) < 4.78 is 7.74. The standard InChI is InChI=1S/C23H24Cl2N4O2/c24-19-6-9-21(25)22(13-19)31-16-18-3-1-11-28(14-18)23(30)27-20-7-4-17(5-8-20)15-29-12-2-10-26-29/h2,4-10,12-13,18H,1,3,11,14-16H2,(H,27,30). The van der Waals surface area contributed by atoms with Gasteiger partial charge >= 0.3 is 6.03 Å². The van der Waals surface area contributed by atoms with Gasteiger partial charge in [0.05, 0.1) is 18.2 Å². The summed E-state index contributed by atoms with van der Waals surface area (Å²) in [6.07, 6.45) is 5.62. The molecule has 0 bridgehead atoms. The molecule has 2 aromatic carbocycles. The molecule has 0 radical (unpaired) electrons. The van der Waals surface area contributed by atoms with Crippen molar-refractivity contribution in [3.05, 3.63) is 76.5 Å². The smallest absolute Gasteiger partial charge is 0.321 e. The Morgan fingerprint density at radius 3 is 2.81 bits per heavy atom. The minimum atomic E-state index is -0.0923. The van der Waals surface area contributed by atoms with E-state index < -0.39 is 0 Å². The normalized spacial score (nSPS) is 16.2. The number of hydrogen-bond acceptors (Lipinski definition) is 3. The van der Waals surface area contributed by atoms with Crippen molar-refractivity contribution in [1.29, 1.82) is 0 Å². The van der Waals surface area contributed by atoms with Crippen LogP contribution < -0.4 is 10.1 Å². The fourth-order valence-electron chi connectivity index (χ4n) is 3.66. The zero-order chi connectivity index (χ0) is 21.6. The fraction of sp³-hybridized carbons (Fsp3) is 0.304. The highest BCUT2D eigenvalue weighted by Crippen LogP contribution is 2.29. The largest absolute Gasteiger partial charge is 0.492 e. The number of carbonyl (C=O) groups excluding carboxylic acids is 1. The van der Waals surface area contributed by atoms with Crippen LogP contribution in [0.1, 0.15) is 18.4 Å². The number of amides is 2. The summed E-state index contributed by atoms with van der Waals surface area (Å²) in [5, 5.41) is 8.32. The molecule has 6 nitrogen and oxygen atoms in total. The van der Waals surface area contributed by atoms with Crippen LogP contribution in [0.5, 0.6) is 5.75 Å². The van der Waals surface area contributed by atoms with Gasteiger partial charge in [0.1, 0.15) is 5.75 Å². The van der Waals surface area contributed by atoms with E-state index in [0.717, 1.165) is 30.6 Å². The van der Waals surface area contributed by atoms with Crippen molar-refractivity contribution in [2.24, 2.45) is 5.92 Å². The molecule has 1 saturated heterocycles. The Bertz CT molecular complexity index is 1010. The lowest BCUT2D eigenvalue weighted by Gasteiger charge is -2.32. The summed E-state index contributed by atoms with van der Waals surface area (Å²) in [5.41, 5.74) is 1.90. The molecule has 0 spiro atoms. The van der Waals surface area contributed by atoms with Gasteiger partial charge in [0.25, 0.3) is 0 Å². The zero-order valence-corrected chi connectivity index (χ0v) is 18.5. The van der Waals surface area contributed by atoms with Crippen molar-refractivity contribution >= 4 is 34.9 Å². The minimum Gasteiger partial charge on any atom is -0.492 e. The van der Waals surface area contributed by atoms with Crippen molar-refractivity contribution in [2.45, 2.75) is 19.4 Å². The van der Waals surface area contributed by atoms with E-state index in [0.29, 0.717) is 35.5 Å². The molecule has 1 aliphatic rings. The maximum atomic E-state index is 12.7. The lowest BCUT2D eigenvalue weighted by molar-refractivity contribution is 0.145. The molecule has 0 saturated carbocycles. The second-order valence-electron chi connectivity index (χ2n) is 7.67. The van der Waals surface area contributed by atoms with E-state index in [4.69, 9.17) is 27.9 Å². The highest BCUT2D eigenvalue weighted by atomic mass is 35.5. The molecule has 31 heavy (non-hydrogen) atoms. The van der Waals surface area contributed by atoms with Crippen LogP contribution in [0.3, 0.4) is 0 Å².